The number of benzene rings is 1. The summed E-state index contributed by atoms with van der Waals surface area (Å²) in [6.45, 7) is 1.69. The summed E-state index contributed by atoms with van der Waals surface area (Å²) in [4.78, 5) is 16.8. The minimum atomic E-state index is -0.337. The summed E-state index contributed by atoms with van der Waals surface area (Å²) in [5.74, 6) is -0.337. The van der Waals surface area contributed by atoms with E-state index in [-0.39, 0.29) is 25.2 Å². The second kappa shape index (κ2) is 7.99. The van der Waals surface area contributed by atoms with Crippen molar-refractivity contribution in [2.24, 2.45) is 0 Å². The Morgan fingerprint density at radius 1 is 1.35 bits per heavy atom. The highest BCUT2D eigenvalue weighted by atomic mass is 16.7. The average Bonchev–Trinajstić information content (AvgIpc) is 2.94. The number of hydroxylamine groups is 2. The summed E-state index contributed by atoms with van der Waals surface area (Å²) in [6, 6.07) is 9.84. The molecule has 110 valence electrons. The lowest BCUT2D eigenvalue weighted by Gasteiger charge is -2.21. The summed E-state index contributed by atoms with van der Waals surface area (Å²) < 4.78 is 10.5. The first-order valence-corrected chi connectivity index (χ1v) is 6.87. The van der Waals surface area contributed by atoms with Crippen molar-refractivity contribution < 1.29 is 19.1 Å². The van der Waals surface area contributed by atoms with Gasteiger partial charge in [0, 0.05) is 6.54 Å². The van der Waals surface area contributed by atoms with Crippen LogP contribution in [0.5, 0.6) is 0 Å². The first-order chi connectivity index (χ1) is 9.79. The molecular weight excluding hydrogens is 258 g/mol. The van der Waals surface area contributed by atoms with Crippen LogP contribution in [0, 0.1) is 0 Å². The Morgan fingerprint density at radius 3 is 2.90 bits per heavy atom. The van der Waals surface area contributed by atoms with Crippen LogP contribution in [-0.4, -0.2) is 43.9 Å². The first-order valence-electron chi connectivity index (χ1n) is 6.87. The predicted molar refractivity (Wildman–Crippen MR) is 73.8 cm³/mol. The van der Waals surface area contributed by atoms with E-state index >= 15 is 0 Å². The van der Waals surface area contributed by atoms with E-state index in [4.69, 9.17) is 14.3 Å². The third-order valence-electron chi connectivity index (χ3n) is 3.33. The van der Waals surface area contributed by atoms with E-state index in [0.717, 1.165) is 24.9 Å². The Labute approximate surface area is 119 Å². The maximum absolute atomic E-state index is 11.5. The summed E-state index contributed by atoms with van der Waals surface area (Å²) in [7, 11) is 1.66. The van der Waals surface area contributed by atoms with Gasteiger partial charge in [0.25, 0.3) is 0 Å². The van der Waals surface area contributed by atoms with Crippen molar-refractivity contribution in [2.75, 3.05) is 26.9 Å². The predicted octanol–water partition coefficient (Wildman–Crippen LogP) is 1.77. The smallest absolute Gasteiger partial charge is 0.332 e. The van der Waals surface area contributed by atoms with Gasteiger partial charge in [-0.1, -0.05) is 30.3 Å². The number of nitrogens with zero attached hydrogens (tertiary/aromatic N) is 1. The molecule has 1 aliphatic rings. The summed E-state index contributed by atoms with van der Waals surface area (Å²) in [6.07, 6.45) is 2.13. The molecule has 5 nitrogen and oxygen atoms in total. The van der Waals surface area contributed by atoms with Gasteiger partial charge in [-0.15, -0.1) is 0 Å². The molecule has 0 radical (unpaired) electrons. The van der Waals surface area contributed by atoms with Crippen LogP contribution < -0.4 is 0 Å². The highest BCUT2D eigenvalue weighted by Crippen LogP contribution is 2.16. The van der Waals surface area contributed by atoms with Crippen LogP contribution in [0.2, 0.25) is 0 Å². The van der Waals surface area contributed by atoms with E-state index < -0.39 is 0 Å². The lowest BCUT2D eigenvalue weighted by atomic mass is 10.2. The van der Waals surface area contributed by atoms with Crippen LogP contribution in [0.25, 0.3) is 0 Å². The number of hydrogen-bond donors (Lipinski definition) is 0. The highest BCUT2D eigenvalue weighted by molar-refractivity contribution is 5.70. The molecule has 0 aromatic heterocycles. The van der Waals surface area contributed by atoms with Gasteiger partial charge in [-0.25, -0.2) is 4.79 Å². The zero-order chi connectivity index (χ0) is 14.2. The third kappa shape index (κ3) is 4.59. The van der Waals surface area contributed by atoms with Crippen LogP contribution in [0.4, 0.5) is 0 Å². The molecule has 0 amide bonds. The molecule has 1 aromatic rings. The Morgan fingerprint density at radius 2 is 2.15 bits per heavy atom. The Balaban J connectivity index is 1.61. The molecule has 1 fully saturated rings. The van der Waals surface area contributed by atoms with E-state index in [2.05, 4.69) is 0 Å². The lowest BCUT2D eigenvalue weighted by Crippen LogP contribution is -2.33. The van der Waals surface area contributed by atoms with Crippen LogP contribution >= 0.6 is 0 Å². The molecule has 1 atom stereocenters. The monoisotopic (exact) mass is 279 g/mol. The van der Waals surface area contributed by atoms with Gasteiger partial charge in [-0.3, -0.25) is 0 Å². The highest BCUT2D eigenvalue weighted by Gasteiger charge is 2.24. The van der Waals surface area contributed by atoms with Crippen LogP contribution in [0.3, 0.4) is 0 Å². The van der Waals surface area contributed by atoms with E-state index in [1.165, 1.54) is 0 Å². The van der Waals surface area contributed by atoms with E-state index in [1.807, 2.05) is 35.4 Å². The van der Waals surface area contributed by atoms with Gasteiger partial charge in [0.05, 0.1) is 19.8 Å². The van der Waals surface area contributed by atoms with Crippen molar-refractivity contribution in [3.05, 3.63) is 35.9 Å². The molecule has 0 aliphatic carbocycles. The number of hydrogen-bond acceptors (Lipinski definition) is 5. The molecule has 0 saturated carbocycles. The second-order valence-corrected chi connectivity index (χ2v) is 4.78. The van der Waals surface area contributed by atoms with Crippen molar-refractivity contribution in [2.45, 2.75) is 25.5 Å². The largest absolute Gasteiger partial charge is 0.459 e. The fourth-order valence-electron chi connectivity index (χ4n) is 2.27. The van der Waals surface area contributed by atoms with Gasteiger partial charge in [0.2, 0.25) is 0 Å². The quantitative estimate of drug-likeness (QED) is 0.712. The summed E-state index contributed by atoms with van der Waals surface area (Å²) in [5.41, 5.74) is 0.974. The fraction of sp³-hybridized carbons (Fsp3) is 0.533. The minimum Gasteiger partial charge on any atom is -0.459 e. The first kappa shape index (κ1) is 15.0. The topological polar surface area (TPSA) is 48.0 Å². The number of ether oxygens (including phenoxy) is 2. The maximum atomic E-state index is 11.5. The summed E-state index contributed by atoms with van der Waals surface area (Å²) >= 11 is 0. The normalized spacial score (nSPS) is 19.1. The molecule has 5 heteroatoms. The molecule has 1 unspecified atom stereocenters. The number of esters is 1. The SMILES string of the molecule is CON1CCCC1COCC(=O)OCc1ccccc1. The van der Waals surface area contributed by atoms with Crippen molar-refractivity contribution in [1.29, 1.82) is 0 Å². The lowest BCUT2D eigenvalue weighted by molar-refractivity contribution is -0.163. The fourth-order valence-corrected chi connectivity index (χ4v) is 2.27. The number of carbonyl (C=O) groups is 1. The molecule has 1 aliphatic heterocycles. The van der Waals surface area contributed by atoms with Crippen molar-refractivity contribution >= 4 is 5.97 Å². The van der Waals surface area contributed by atoms with E-state index in [1.54, 1.807) is 7.11 Å². The number of rotatable bonds is 7. The standard InChI is InChI=1S/C15H21NO4/c1-18-16-9-5-8-14(16)11-19-12-15(17)20-10-13-6-3-2-4-7-13/h2-4,6-7,14H,5,8-12H2,1H3. The summed E-state index contributed by atoms with van der Waals surface area (Å²) in [5, 5.41) is 1.90. The molecule has 0 spiro atoms. The van der Waals surface area contributed by atoms with Crippen molar-refractivity contribution in [3.8, 4) is 0 Å². The minimum absolute atomic E-state index is 0.0130. The zero-order valence-electron chi connectivity index (χ0n) is 11.8. The van der Waals surface area contributed by atoms with Crippen molar-refractivity contribution in [1.82, 2.24) is 5.06 Å². The average molecular weight is 279 g/mol. The second-order valence-electron chi connectivity index (χ2n) is 4.78. The van der Waals surface area contributed by atoms with Gasteiger partial charge in [-0.05, 0) is 18.4 Å². The van der Waals surface area contributed by atoms with Gasteiger partial charge >= 0.3 is 5.97 Å². The molecule has 0 bridgehead atoms. The Kier molecular flexibility index (Phi) is 5.98. The van der Waals surface area contributed by atoms with Gasteiger partial charge < -0.3 is 14.3 Å². The van der Waals surface area contributed by atoms with Crippen LogP contribution in [0.1, 0.15) is 18.4 Å². The third-order valence-corrected chi connectivity index (χ3v) is 3.33. The van der Waals surface area contributed by atoms with Gasteiger partial charge in [-0.2, -0.15) is 5.06 Å². The molecule has 2 rings (SSSR count). The Bertz CT molecular complexity index is 410. The molecule has 1 saturated heterocycles. The molecule has 0 N–H and O–H groups in total. The molecular formula is C15H21NO4. The van der Waals surface area contributed by atoms with Crippen LogP contribution in [-0.2, 0) is 25.7 Å². The van der Waals surface area contributed by atoms with Crippen molar-refractivity contribution in [3.63, 3.8) is 0 Å². The Hall–Kier alpha value is -1.43. The van der Waals surface area contributed by atoms with Crippen LogP contribution in [0.15, 0.2) is 30.3 Å². The molecule has 1 heterocycles. The van der Waals surface area contributed by atoms with E-state index in [9.17, 15) is 4.79 Å². The zero-order valence-corrected chi connectivity index (χ0v) is 11.8. The maximum Gasteiger partial charge on any atom is 0.332 e. The van der Waals surface area contributed by atoms with Gasteiger partial charge in [0.15, 0.2) is 0 Å². The molecule has 20 heavy (non-hydrogen) atoms. The van der Waals surface area contributed by atoms with E-state index in [0.29, 0.717) is 6.61 Å². The number of carbonyl (C=O) groups excluding carboxylic acids is 1. The van der Waals surface area contributed by atoms with Gasteiger partial charge in [0.1, 0.15) is 13.2 Å². The molecule has 1 aromatic carbocycles.